The number of aliphatic carboxylic acids is 1. The van der Waals surface area contributed by atoms with Gasteiger partial charge in [0.15, 0.2) is 0 Å². The quantitative estimate of drug-likeness (QED) is 0.338. The molecule has 0 bridgehead atoms. The number of amides is 1. The maximum atomic E-state index is 14.3. The highest BCUT2D eigenvalue weighted by atomic mass is 32.2. The third-order valence-corrected chi connectivity index (χ3v) is 7.72. The summed E-state index contributed by atoms with van der Waals surface area (Å²) < 4.78 is 78.3. The Morgan fingerprint density at radius 3 is 2.17 bits per heavy atom. The fourth-order valence-corrected chi connectivity index (χ4v) is 4.88. The first-order chi connectivity index (χ1) is 19.2. The fraction of sp³-hybridized carbons (Fsp3) is 0.500. The lowest BCUT2D eigenvalue weighted by molar-refractivity contribution is -0.138. The second-order valence-electron chi connectivity index (χ2n) is 10.3. The molecule has 0 aromatic heterocycles. The van der Waals surface area contributed by atoms with E-state index in [4.69, 9.17) is 20.4 Å². The number of likely N-dealkylation sites (tertiary alicyclic amines) is 1. The number of ether oxygens (including phenoxy) is 1. The average molecular weight is 602 g/mol. The van der Waals surface area contributed by atoms with Gasteiger partial charge in [0.2, 0.25) is 0 Å². The molecule has 0 spiro atoms. The smallest absolute Gasteiger partial charge is 0.416 e. The summed E-state index contributed by atoms with van der Waals surface area (Å²) in [6.07, 6.45) is 0.561. The molecule has 41 heavy (non-hydrogen) atoms. The number of rotatable bonds is 7. The van der Waals surface area contributed by atoms with Gasteiger partial charge >= 0.3 is 6.18 Å². The molecular weight excluding hydrogens is 568 g/mol. The van der Waals surface area contributed by atoms with Crippen LogP contribution in [0.25, 0.3) is 0 Å². The minimum Gasteiger partial charge on any atom is -0.772 e. The SMILES string of the molecule is CC(=O)O.NC(=O)c1cc(C2CC2)c(CN2CCC(Oc3cccc(C(F)(F)F)c3)CC2)cc1F.O=S([O-])C1CC1. The molecule has 1 saturated heterocycles. The molecule has 3 aliphatic rings. The molecule has 3 fully saturated rings. The van der Waals surface area contributed by atoms with E-state index in [0.29, 0.717) is 38.4 Å². The average Bonchev–Trinajstić information content (AvgIpc) is 3.78. The van der Waals surface area contributed by atoms with Gasteiger partial charge in [0.1, 0.15) is 17.7 Å². The van der Waals surface area contributed by atoms with Crippen LogP contribution in [0.2, 0.25) is 0 Å². The lowest BCUT2D eigenvalue weighted by Crippen LogP contribution is -2.38. The molecule has 2 aromatic rings. The Morgan fingerprint density at radius 2 is 1.71 bits per heavy atom. The van der Waals surface area contributed by atoms with Crippen molar-refractivity contribution in [3.63, 3.8) is 0 Å². The second-order valence-corrected chi connectivity index (χ2v) is 11.5. The van der Waals surface area contributed by atoms with E-state index in [2.05, 4.69) is 4.90 Å². The monoisotopic (exact) mass is 601 g/mol. The molecule has 226 valence electrons. The summed E-state index contributed by atoms with van der Waals surface area (Å²) in [4.78, 5) is 22.7. The molecule has 1 unspecified atom stereocenters. The highest BCUT2D eigenvalue weighted by Crippen LogP contribution is 2.43. The van der Waals surface area contributed by atoms with Crippen LogP contribution in [-0.2, 0) is 28.6 Å². The van der Waals surface area contributed by atoms with Gasteiger partial charge in [-0.1, -0.05) is 17.1 Å². The van der Waals surface area contributed by atoms with Gasteiger partial charge in [-0.25, -0.2) is 4.39 Å². The number of hydrogen-bond donors (Lipinski definition) is 2. The van der Waals surface area contributed by atoms with E-state index in [9.17, 15) is 31.1 Å². The lowest BCUT2D eigenvalue weighted by Gasteiger charge is -2.32. The summed E-state index contributed by atoms with van der Waals surface area (Å²) in [5.41, 5.74) is 6.34. The molecule has 1 aliphatic heterocycles. The molecule has 0 radical (unpaired) electrons. The van der Waals surface area contributed by atoms with Crippen LogP contribution in [0.4, 0.5) is 17.6 Å². The highest BCUT2D eigenvalue weighted by molar-refractivity contribution is 7.80. The molecular formula is C28H33F4N2O6S-. The molecule has 2 aliphatic carbocycles. The van der Waals surface area contributed by atoms with E-state index >= 15 is 0 Å². The van der Waals surface area contributed by atoms with E-state index in [-0.39, 0.29) is 22.7 Å². The van der Waals surface area contributed by atoms with E-state index in [1.807, 2.05) is 0 Å². The zero-order valence-electron chi connectivity index (χ0n) is 22.5. The first-order valence-corrected chi connectivity index (χ1v) is 14.3. The Morgan fingerprint density at radius 1 is 1.10 bits per heavy atom. The number of carboxylic acids is 1. The second kappa shape index (κ2) is 14.2. The number of nitrogens with two attached hydrogens (primary N) is 1. The van der Waals surface area contributed by atoms with Crippen molar-refractivity contribution in [2.45, 2.75) is 75.4 Å². The van der Waals surface area contributed by atoms with Gasteiger partial charge in [-0.05, 0) is 85.9 Å². The summed E-state index contributed by atoms with van der Waals surface area (Å²) >= 11 is -1.76. The van der Waals surface area contributed by atoms with Gasteiger partial charge in [0.25, 0.3) is 11.9 Å². The van der Waals surface area contributed by atoms with Crippen LogP contribution in [0.15, 0.2) is 36.4 Å². The van der Waals surface area contributed by atoms with Crippen LogP contribution < -0.4 is 10.5 Å². The Hall–Kier alpha value is -3.03. The standard InChI is InChI=1S/C23H24F4N2O2.C3H6O2S.C2H4O2/c24-21-10-15(19(14-4-5-14)12-20(21)22(28)30)13-29-8-6-17(7-9-29)31-18-3-1-2-16(11-18)23(25,26)27;4-6(5)3-1-2-3;1-2(3)4/h1-3,10-12,14,17H,4-9,13H2,(H2,28,30);3H,1-2H2,(H,4,5);1H3,(H,3,4)/p-1. The molecule has 2 aromatic carbocycles. The van der Waals surface area contributed by atoms with Crippen molar-refractivity contribution in [3.8, 4) is 5.75 Å². The largest absolute Gasteiger partial charge is 0.772 e. The van der Waals surface area contributed by atoms with Crippen molar-refractivity contribution in [1.82, 2.24) is 4.90 Å². The number of carboxylic acid groups (broad SMARTS) is 1. The van der Waals surface area contributed by atoms with E-state index < -0.39 is 40.5 Å². The highest BCUT2D eigenvalue weighted by Gasteiger charge is 2.32. The number of carbonyl (C=O) groups excluding carboxylic acids is 1. The number of hydrogen-bond acceptors (Lipinski definition) is 6. The van der Waals surface area contributed by atoms with E-state index in [0.717, 1.165) is 55.9 Å². The van der Waals surface area contributed by atoms with Crippen molar-refractivity contribution in [3.05, 3.63) is 64.5 Å². The minimum absolute atomic E-state index is 0.0185. The first kappa shape index (κ1) is 32.5. The molecule has 5 rings (SSSR count). The number of carbonyl (C=O) groups is 2. The molecule has 8 nitrogen and oxygen atoms in total. The van der Waals surface area contributed by atoms with Gasteiger partial charge < -0.3 is 20.1 Å². The van der Waals surface area contributed by atoms with Crippen LogP contribution in [0.5, 0.6) is 5.75 Å². The number of halogens is 4. The van der Waals surface area contributed by atoms with Gasteiger partial charge in [-0.15, -0.1) is 0 Å². The molecule has 1 amide bonds. The molecule has 1 heterocycles. The lowest BCUT2D eigenvalue weighted by atomic mass is 9.97. The molecule has 2 saturated carbocycles. The molecule has 3 N–H and O–H groups in total. The van der Waals surface area contributed by atoms with E-state index in [1.165, 1.54) is 18.2 Å². The zero-order valence-corrected chi connectivity index (χ0v) is 23.3. The van der Waals surface area contributed by atoms with Crippen molar-refractivity contribution in [2.75, 3.05) is 13.1 Å². The van der Waals surface area contributed by atoms with Crippen LogP contribution in [0.1, 0.15) is 78.4 Å². The van der Waals surface area contributed by atoms with E-state index in [1.54, 1.807) is 6.07 Å². The van der Waals surface area contributed by atoms with Crippen molar-refractivity contribution in [1.29, 1.82) is 0 Å². The Bertz CT molecular complexity index is 1240. The topological polar surface area (TPSA) is 133 Å². The summed E-state index contributed by atoms with van der Waals surface area (Å²) in [5, 5.41) is 7.44. The maximum Gasteiger partial charge on any atom is 0.416 e. The summed E-state index contributed by atoms with van der Waals surface area (Å²) in [5.74, 6) is -1.64. The first-order valence-electron chi connectivity index (χ1n) is 13.2. The predicted octanol–water partition coefficient (Wildman–Crippen LogP) is 4.98. The van der Waals surface area contributed by atoms with Crippen LogP contribution >= 0.6 is 0 Å². The number of primary amides is 1. The Kier molecular flexibility index (Phi) is 11.3. The predicted molar refractivity (Wildman–Crippen MR) is 143 cm³/mol. The minimum atomic E-state index is -4.40. The van der Waals surface area contributed by atoms with Crippen molar-refractivity contribution < 1.29 is 45.8 Å². The number of alkyl halides is 3. The normalized spacial score (nSPS) is 18.3. The van der Waals surface area contributed by atoms with Crippen LogP contribution in [0.3, 0.4) is 0 Å². The van der Waals surface area contributed by atoms with Gasteiger partial charge in [0.05, 0.1) is 11.1 Å². The van der Waals surface area contributed by atoms with Crippen molar-refractivity contribution >= 4 is 23.0 Å². The third-order valence-electron chi connectivity index (χ3n) is 6.70. The fourth-order valence-electron chi connectivity index (χ4n) is 4.36. The number of nitrogens with zero attached hydrogens (tertiary/aromatic N) is 1. The van der Waals surface area contributed by atoms with Gasteiger partial charge in [0, 0.05) is 31.8 Å². The van der Waals surface area contributed by atoms with Gasteiger partial charge in [-0.3, -0.25) is 18.7 Å². The Balaban J connectivity index is 0.000000393. The van der Waals surface area contributed by atoms with Crippen molar-refractivity contribution in [2.24, 2.45) is 5.73 Å². The summed E-state index contributed by atoms with van der Waals surface area (Å²) in [6, 6.07) is 7.93. The third kappa shape index (κ3) is 10.7. The van der Waals surface area contributed by atoms with Gasteiger partial charge in [-0.2, -0.15) is 13.2 Å². The summed E-state index contributed by atoms with van der Waals surface area (Å²) in [7, 11) is 0. The molecule has 1 atom stereocenters. The van der Waals surface area contributed by atoms with Crippen LogP contribution in [-0.4, -0.2) is 55.1 Å². The number of piperidine rings is 1. The number of benzene rings is 2. The zero-order chi connectivity index (χ0) is 30.3. The van der Waals surface area contributed by atoms with Crippen LogP contribution in [0, 0.1) is 5.82 Å². The maximum absolute atomic E-state index is 14.3. The Labute approximate surface area is 238 Å². The molecule has 13 heteroatoms. The summed E-state index contributed by atoms with van der Waals surface area (Å²) in [6.45, 7) is 3.01.